The molecule has 0 amide bonds. The average molecular weight is 1160 g/mol. The number of phosphoric ester groups is 1. The number of quaternary nitrogens is 1. The van der Waals surface area contributed by atoms with Gasteiger partial charge in [-0.15, -0.1) is 0 Å². The summed E-state index contributed by atoms with van der Waals surface area (Å²) < 4.78 is 34.7. The van der Waals surface area contributed by atoms with Crippen LogP contribution in [-0.4, -0.2) is 74.9 Å². The zero-order valence-electron chi connectivity index (χ0n) is 53.4. The SMILES string of the molecule is CC/C=C\C/C=C\C/C=C\C/C=C\C/C=C\C/C=C\CCCCCCCCCCCCC(=O)OC(COC(=O)CCCCCCCCCCCCCCCCCC/C=C\C/C=C\C/C=C\C/C=C\CC)COP(=O)(O)OCC[N+](C)(C)C. The number of carbonyl (C=O) groups excluding carboxylic acids is 2. The van der Waals surface area contributed by atoms with Crippen LogP contribution in [0.15, 0.2) is 122 Å². The predicted octanol–water partition coefficient (Wildman–Crippen LogP) is 21.5. The number of phosphoric acid groups is 1. The van der Waals surface area contributed by atoms with E-state index in [1.807, 2.05) is 21.1 Å². The normalized spacial score (nSPS) is 14.0. The molecule has 9 nitrogen and oxygen atoms in total. The fourth-order valence-electron chi connectivity index (χ4n) is 8.95. The monoisotopic (exact) mass is 1160 g/mol. The highest BCUT2D eigenvalue weighted by molar-refractivity contribution is 7.47. The van der Waals surface area contributed by atoms with E-state index in [1.165, 1.54) is 128 Å². The summed E-state index contributed by atoms with van der Waals surface area (Å²) in [6, 6.07) is 0. The number of hydrogen-bond acceptors (Lipinski definition) is 7. The molecule has 0 bridgehead atoms. The van der Waals surface area contributed by atoms with Gasteiger partial charge in [-0.3, -0.25) is 18.6 Å². The third kappa shape index (κ3) is 65.6. The van der Waals surface area contributed by atoms with Crippen molar-refractivity contribution in [3.8, 4) is 0 Å². The van der Waals surface area contributed by atoms with E-state index in [2.05, 4.69) is 135 Å². The second-order valence-electron chi connectivity index (χ2n) is 23.1. The standard InChI is InChI=1S/C72H124NO8P/c1-6-8-10-12-14-16-18-20-22-24-26-28-30-32-34-36-38-40-42-44-46-48-50-52-54-56-58-60-62-64-71(74)78-68-70(69-80-82(76,77)79-67-66-73(3,4)5)81-72(75)65-63-61-59-57-55-53-51-49-47-45-43-41-39-37-35-33-31-29-27-25-23-21-19-17-15-13-11-9-7-2/h8-11,14-17,20-23,26-29,33,35,39,41,70H,6-7,12-13,18-19,24-25,30-32,34,36-38,40,42-69H2,1-5H3/p+1/b10-8-,11-9-,16-14-,17-15-,22-20-,23-21-,28-26-,29-27-,35-33-,41-39-. The van der Waals surface area contributed by atoms with Gasteiger partial charge < -0.3 is 18.9 Å². The van der Waals surface area contributed by atoms with Crippen LogP contribution in [0.4, 0.5) is 0 Å². The summed E-state index contributed by atoms with van der Waals surface area (Å²) in [5.74, 6) is -0.802. The van der Waals surface area contributed by atoms with Crippen molar-refractivity contribution >= 4 is 19.8 Å². The molecule has 0 aromatic heterocycles. The minimum Gasteiger partial charge on any atom is -0.462 e. The van der Waals surface area contributed by atoms with Crippen LogP contribution in [0.25, 0.3) is 0 Å². The molecule has 0 spiro atoms. The fourth-order valence-corrected chi connectivity index (χ4v) is 9.69. The lowest BCUT2D eigenvalue weighted by Gasteiger charge is -2.24. The van der Waals surface area contributed by atoms with Gasteiger partial charge in [0.25, 0.3) is 0 Å². The number of likely N-dealkylation sites (N-methyl/N-ethyl adjacent to an activating group) is 1. The van der Waals surface area contributed by atoms with Gasteiger partial charge in [-0.2, -0.15) is 0 Å². The molecular formula is C72H125NO8P+. The van der Waals surface area contributed by atoms with Crippen LogP contribution in [-0.2, 0) is 32.7 Å². The molecule has 10 heteroatoms. The topological polar surface area (TPSA) is 108 Å². The van der Waals surface area contributed by atoms with E-state index >= 15 is 0 Å². The number of nitrogens with zero attached hydrogens (tertiary/aromatic N) is 1. The maximum Gasteiger partial charge on any atom is 0.472 e. The van der Waals surface area contributed by atoms with Gasteiger partial charge in [0, 0.05) is 12.8 Å². The van der Waals surface area contributed by atoms with Crippen LogP contribution < -0.4 is 0 Å². The van der Waals surface area contributed by atoms with E-state index in [-0.39, 0.29) is 32.0 Å². The van der Waals surface area contributed by atoms with Crippen molar-refractivity contribution in [1.29, 1.82) is 0 Å². The molecular weight excluding hydrogens is 1040 g/mol. The highest BCUT2D eigenvalue weighted by Gasteiger charge is 2.27. The van der Waals surface area contributed by atoms with Gasteiger partial charge >= 0.3 is 19.8 Å². The van der Waals surface area contributed by atoms with Crippen molar-refractivity contribution in [3.63, 3.8) is 0 Å². The molecule has 1 N–H and O–H groups in total. The zero-order chi connectivity index (χ0) is 59.8. The van der Waals surface area contributed by atoms with Crippen LogP contribution in [0.5, 0.6) is 0 Å². The molecule has 82 heavy (non-hydrogen) atoms. The van der Waals surface area contributed by atoms with Crippen molar-refractivity contribution < 1.29 is 42.1 Å². The van der Waals surface area contributed by atoms with Gasteiger partial charge in [0.2, 0.25) is 0 Å². The number of allylic oxidation sites excluding steroid dienone is 20. The lowest BCUT2D eigenvalue weighted by Crippen LogP contribution is -2.37. The van der Waals surface area contributed by atoms with Crippen LogP contribution in [0.2, 0.25) is 0 Å². The maximum atomic E-state index is 12.9. The quantitative estimate of drug-likeness (QED) is 0.0211. The highest BCUT2D eigenvalue weighted by atomic mass is 31.2. The van der Waals surface area contributed by atoms with Crippen LogP contribution in [0.3, 0.4) is 0 Å². The second-order valence-corrected chi connectivity index (χ2v) is 24.5. The Kier molecular flexibility index (Phi) is 59.2. The number of esters is 2. The lowest BCUT2D eigenvalue weighted by molar-refractivity contribution is -0.870. The van der Waals surface area contributed by atoms with E-state index in [0.717, 1.165) is 109 Å². The molecule has 0 aliphatic carbocycles. The molecule has 0 fully saturated rings. The molecule has 470 valence electrons. The predicted molar refractivity (Wildman–Crippen MR) is 353 cm³/mol. The first-order chi connectivity index (χ1) is 40.0. The summed E-state index contributed by atoms with van der Waals surface area (Å²) in [6.45, 7) is 4.22. The lowest BCUT2D eigenvalue weighted by atomic mass is 10.0. The molecule has 0 heterocycles. The Labute approximate surface area is 505 Å². The molecule has 0 saturated carbocycles. The van der Waals surface area contributed by atoms with Crippen molar-refractivity contribution in [2.75, 3.05) is 47.5 Å². The Morgan fingerprint density at radius 2 is 0.659 bits per heavy atom. The van der Waals surface area contributed by atoms with E-state index in [4.69, 9.17) is 18.5 Å². The Bertz CT molecular complexity index is 1800. The van der Waals surface area contributed by atoms with Crippen molar-refractivity contribution in [2.45, 2.75) is 277 Å². The maximum absolute atomic E-state index is 12.9. The van der Waals surface area contributed by atoms with E-state index in [9.17, 15) is 19.0 Å². The molecule has 0 aromatic rings. The Morgan fingerprint density at radius 3 is 0.976 bits per heavy atom. The fraction of sp³-hybridized carbons (Fsp3) is 0.694. The highest BCUT2D eigenvalue weighted by Crippen LogP contribution is 2.43. The smallest absolute Gasteiger partial charge is 0.462 e. The number of hydrogen-bond donors (Lipinski definition) is 1. The summed E-state index contributed by atoms with van der Waals surface area (Å²) in [4.78, 5) is 35.9. The van der Waals surface area contributed by atoms with Crippen molar-refractivity contribution in [2.24, 2.45) is 0 Å². The second kappa shape index (κ2) is 62.0. The summed E-state index contributed by atoms with van der Waals surface area (Å²) in [5, 5.41) is 0. The molecule has 0 radical (unpaired) electrons. The van der Waals surface area contributed by atoms with Gasteiger partial charge in [-0.05, 0) is 103 Å². The molecule has 0 saturated heterocycles. The van der Waals surface area contributed by atoms with Gasteiger partial charge in [0.1, 0.15) is 19.8 Å². The van der Waals surface area contributed by atoms with E-state index in [1.54, 1.807) is 0 Å². The summed E-state index contributed by atoms with van der Waals surface area (Å²) >= 11 is 0. The van der Waals surface area contributed by atoms with Gasteiger partial charge in [-0.25, -0.2) is 4.57 Å². The number of ether oxygens (including phenoxy) is 2. The van der Waals surface area contributed by atoms with Crippen LogP contribution in [0.1, 0.15) is 271 Å². The zero-order valence-corrected chi connectivity index (χ0v) is 54.3. The van der Waals surface area contributed by atoms with E-state index < -0.39 is 26.5 Å². The number of unbranched alkanes of at least 4 members (excludes halogenated alkanes) is 26. The first-order valence-electron chi connectivity index (χ1n) is 33.3. The van der Waals surface area contributed by atoms with Gasteiger partial charge in [-0.1, -0.05) is 277 Å². The summed E-state index contributed by atoms with van der Waals surface area (Å²) in [7, 11) is 1.47. The minimum atomic E-state index is -4.40. The Hall–Kier alpha value is -3.59. The molecule has 0 aromatic carbocycles. The largest absolute Gasteiger partial charge is 0.472 e. The Morgan fingerprint density at radius 1 is 0.378 bits per heavy atom. The average Bonchev–Trinajstić information content (AvgIpc) is 3.45. The third-order valence-corrected chi connectivity index (χ3v) is 15.0. The molecule has 0 aliphatic heterocycles. The van der Waals surface area contributed by atoms with Crippen molar-refractivity contribution in [1.82, 2.24) is 0 Å². The van der Waals surface area contributed by atoms with Crippen molar-refractivity contribution in [3.05, 3.63) is 122 Å². The molecule has 0 rings (SSSR count). The van der Waals surface area contributed by atoms with E-state index in [0.29, 0.717) is 17.4 Å². The number of rotatable bonds is 60. The summed E-state index contributed by atoms with van der Waals surface area (Å²) in [6.07, 6.45) is 88.5. The molecule has 2 atom stereocenters. The first-order valence-corrected chi connectivity index (χ1v) is 34.8. The van der Waals surface area contributed by atoms with Gasteiger partial charge in [0.05, 0.1) is 27.7 Å². The molecule has 0 aliphatic rings. The summed E-state index contributed by atoms with van der Waals surface area (Å²) in [5.41, 5.74) is 0. The minimum absolute atomic E-state index is 0.0261. The third-order valence-electron chi connectivity index (χ3n) is 14.0. The first kappa shape index (κ1) is 78.4. The Balaban J connectivity index is 4.10. The van der Waals surface area contributed by atoms with Crippen LogP contribution in [0, 0.1) is 0 Å². The van der Waals surface area contributed by atoms with Gasteiger partial charge in [0.15, 0.2) is 6.10 Å². The molecule has 2 unspecified atom stereocenters. The number of carbonyl (C=O) groups is 2. The van der Waals surface area contributed by atoms with Crippen LogP contribution >= 0.6 is 7.82 Å².